The van der Waals surface area contributed by atoms with E-state index >= 15 is 0 Å². The summed E-state index contributed by atoms with van der Waals surface area (Å²) in [4.78, 5) is 38.4. The van der Waals surface area contributed by atoms with E-state index in [2.05, 4.69) is 10.3 Å². The molecule has 1 aromatic rings. The zero-order chi connectivity index (χ0) is 14.6. The van der Waals surface area contributed by atoms with E-state index in [-0.39, 0.29) is 24.0 Å². The van der Waals surface area contributed by atoms with Crippen LogP contribution in [-0.2, 0) is 11.3 Å². The van der Waals surface area contributed by atoms with Crippen molar-refractivity contribution >= 4 is 17.4 Å². The first-order chi connectivity index (χ1) is 8.92. The van der Waals surface area contributed by atoms with Crippen LogP contribution < -0.4 is 22.3 Å². The number of nitrogen functional groups attached to an aromatic ring is 1. The lowest BCUT2D eigenvalue weighted by atomic mass is 10.4. The highest BCUT2D eigenvalue weighted by Crippen LogP contribution is 2.09. The standard InChI is InChI=1S/C11H19N5O3/c1-4-15(3)7(17)6-13-8-9(12)16(5-2)11(19)14-10(8)18/h13H,4-6,12H2,1-3H3,(H,14,18,19). The summed E-state index contributed by atoms with van der Waals surface area (Å²) in [6.07, 6.45) is 0. The molecule has 0 unspecified atom stereocenters. The molecule has 1 heterocycles. The van der Waals surface area contributed by atoms with Gasteiger partial charge in [0.25, 0.3) is 5.56 Å². The Kier molecular flexibility index (Phi) is 4.74. The van der Waals surface area contributed by atoms with E-state index in [0.717, 1.165) is 0 Å². The number of H-pyrrole nitrogens is 1. The molecule has 1 rings (SSSR count). The summed E-state index contributed by atoms with van der Waals surface area (Å²) in [5.41, 5.74) is 4.60. The number of carbonyl (C=O) groups is 1. The predicted molar refractivity (Wildman–Crippen MR) is 73.2 cm³/mol. The van der Waals surface area contributed by atoms with Gasteiger partial charge in [0.2, 0.25) is 5.91 Å². The SMILES string of the molecule is CCN(C)C(=O)CNc1c(N)n(CC)c(=O)[nH]c1=O. The third-order valence-corrected chi connectivity index (χ3v) is 2.87. The Bertz CT molecular complexity index is 575. The molecule has 106 valence electrons. The summed E-state index contributed by atoms with van der Waals surface area (Å²) < 4.78 is 1.22. The molecule has 0 saturated heterocycles. The second-order valence-electron chi connectivity index (χ2n) is 4.03. The minimum atomic E-state index is -0.626. The van der Waals surface area contributed by atoms with E-state index in [4.69, 9.17) is 5.73 Å². The molecule has 0 fully saturated rings. The van der Waals surface area contributed by atoms with Crippen LogP contribution in [0.1, 0.15) is 13.8 Å². The van der Waals surface area contributed by atoms with Crippen molar-refractivity contribution in [3.63, 3.8) is 0 Å². The number of carbonyl (C=O) groups excluding carboxylic acids is 1. The van der Waals surface area contributed by atoms with Crippen LogP contribution in [0.2, 0.25) is 0 Å². The Morgan fingerprint density at radius 3 is 2.58 bits per heavy atom. The van der Waals surface area contributed by atoms with Gasteiger partial charge in [0, 0.05) is 20.1 Å². The number of likely N-dealkylation sites (N-methyl/N-ethyl adjacent to an activating group) is 1. The molecule has 1 amide bonds. The molecule has 0 radical (unpaired) electrons. The monoisotopic (exact) mass is 269 g/mol. The molecule has 0 aromatic carbocycles. The molecule has 0 aliphatic rings. The first-order valence-corrected chi connectivity index (χ1v) is 6.02. The maximum Gasteiger partial charge on any atom is 0.330 e. The largest absolute Gasteiger partial charge is 0.383 e. The number of nitrogens with two attached hydrogens (primary N) is 1. The minimum Gasteiger partial charge on any atom is -0.383 e. The van der Waals surface area contributed by atoms with Crippen LogP contribution in [-0.4, -0.2) is 40.5 Å². The van der Waals surface area contributed by atoms with Crippen LogP contribution in [0, 0.1) is 0 Å². The van der Waals surface area contributed by atoms with Crippen molar-refractivity contribution in [2.75, 3.05) is 31.2 Å². The number of rotatable bonds is 5. The Hall–Kier alpha value is -2.25. The topological polar surface area (TPSA) is 113 Å². The highest BCUT2D eigenvalue weighted by molar-refractivity contribution is 5.81. The Labute approximate surface area is 110 Å². The number of aromatic nitrogens is 2. The normalized spacial score (nSPS) is 10.3. The average Bonchev–Trinajstić information content (AvgIpc) is 2.37. The summed E-state index contributed by atoms with van der Waals surface area (Å²) in [5, 5.41) is 2.68. The molecular weight excluding hydrogens is 250 g/mol. The van der Waals surface area contributed by atoms with Gasteiger partial charge in [-0.2, -0.15) is 0 Å². The van der Waals surface area contributed by atoms with Crippen molar-refractivity contribution in [1.82, 2.24) is 14.5 Å². The first kappa shape index (κ1) is 14.8. The Balaban J connectivity index is 3.00. The van der Waals surface area contributed by atoms with Gasteiger partial charge in [-0.1, -0.05) is 0 Å². The average molecular weight is 269 g/mol. The second kappa shape index (κ2) is 6.07. The Morgan fingerprint density at radius 1 is 1.42 bits per heavy atom. The lowest BCUT2D eigenvalue weighted by molar-refractivity contribution is -0.127. The minimum absolute atomic E-state index is 0.0307. The van der Waals surface area contributed by atoms with E-state index in [1.807, 2.05) is 6.92 Å². The van der Waals surface area contributed by atoms with E-state index in [1.54, 1.807) is 14.0 Å². The molecule has 8 heteroatoms. The zero-order valence-corrected chi connectivity index (χ0v) is 11.3. The third-order valence-electron chi connectivity index (χ3n) is 2.87. The maximum atomic E-state index is 11.6. The number of nitrogens with zero attached hydrogens (tertiary/aromatic N) is 2. The summed E-state index contributed by atoms with van der Waals surface area (Å²) in [6, 6.07) is 0. The van der Waals surface area contributed by atoms with Gasteiger partial charge in [-0.25, -0.2) is 4.79 Å². The fraction of sp³-hybridized carbons (Fsp3) is 0.545. The molecule has 0 aliphatic carbocycles. The number of nitrogens with one attached hydrogen (secondary N) is 2. The van der Waals surface area contributed by atoms with Crippen LogP contribution in [0.15, 0.2) is 9.59 Å². The van der Waals surface area contributed by atoms with Gasteiger partial charge in [-0.15, -0.1) is 0 Å². The number of hydrogen-bond acceptors (Lipinski definition) is 5. The van der Waals surface area contributed by atoms with Crippen LogP contribution >= 0.6 is 0 Å². The van der Waals surface area contributed by atoms with E-state index in [9.17, 15) is 14.4 Å². The maximum absolute atomic E-state index is 11.6. The molecule has 0 aliphatic heterocycles. The van der Waals surface area contributed by atoms with E-state index in [1.165, 1.54) is 9.47 Å². The molecule has 19 heavy (non-hydrogen) atoms. The lowest BCUT2D eigenvalue weighted by Gasteiger charge is -2.16. The second-order valence-corrected chi connectivity index (χ2v) is 4.03. The highest BCUT2D eigenvalue weighted by atomic mass is 16.2. The van der Waals surface area contributed by atoms with Gasteiger partial charge >= 0.3 is 5.69 Å². The molecule has 1 aromatic heterocycles. The van der Waals surface area contributed by atoms with E-state index in [0.29, 0.717) is 13.1 Å². The Morgan fingerprint density at radius 2 is 2.05 bits per heavy atom. The van der Waals surface area contributed by atoms with Crippen LogP contribution in [0.3, 0.4) is 0 Å². The molecule has 4 N–H and O–H groups in total. The van der Waals surface area contributed by atoms with Crippen molar-refractivity contribution in [3.8, 4) is 0 Å². The number of aromatic amines is 1. The fourth-order valence-corrected chi connectivity index (χ4v) is 1.55. The lowest BCUT2D eigenvalue weighted by Crippen LogP contribution is -2.36. The molecule has 0 atom stereocenters. The van der Waals surface area contributed by atoms with E-state index < -0.39 is 11.2 Å². The van der Waals surface area contributed by atoms with Gasteiger partial charge in [0.1, 0.15) is 11.5 Å². The highest BCUT2D eigenvalue weighted by Gasteiger charge is 2.13. The molecule has 8 nitrogen and oxygen atoms in total. The van der Waals surface area contributed by atoms with Crippen molar-refractivity contribution in [2.24, 2.45) is 0 Å². The van der Waals surface area contributed by atoms with Gasteiger partial charge in [0.05, 0.1) is 6.54 Å². The zero-order valence-electron chi connectivity index (χ0n) is 11.3. The van der Waals surface area contributed by atoms with Gasteiger partial charge < -0.3 is 16.0 Å². The van der Waals surface area contributed by atoms with Crippen LogP contribution in [0.4, 0.5) is 11.5 Å². The molecule has 0 saturated carbocycles. The third kappa shape index (κ3) is 3.15. The summed E-state index contributed by atoms with van der Waals surface area (Å²) in [6.45, 7) is 4.42. The van der Waals surface area contributed by atoms with Gasteiger partial charge in [-0.3, -0.25) is 19.1 Å². The summed E-state index contributed by atoms with van der Waals surface area (Å²) in [7, 11) is 1.66. The fourth-order valence-electron chi connectivity index (χ4n) is 1.55. The van der Waals surface area contributed by atoms with Gasteiger partial charge in [0.15, 0.2) is 0 Å². The van der Waals surface area contributed by atoms with Crippen molar-refractivity contribution in [1.29, 1.82) is 0 Å². The molecular formula is C11H19N5O3. The van der Waals surface area contributed by atoms with Crippen molar-refractivity contribution in [2.45, 2.75) is 20.4 Å². The predicted octanol–water partition coefficient (Wildman–Crippen LogP) is -0.971. The first-order valence-electron chi connectivity index (χ1n) is 6.02. The van der Waals surface area contributed by atoms with Crippen LogP contribution in [0.25, 0.3) is 0 Å². The molecule has 0 spiro atoms. The van der Waals surface area contributed by atoms with Gasteiger partial charge in [-0.05, 0) is 13.8 Å². The number of hydrogen-bond donors (Lipinski definition) is 3. The smallest absolute Gasteiger partial charge is 0.330 e. The van der Waals surface area contributed by atoms with Crippen molar-refractivity contribution in [3.05, 3.63) is 20.8 Å². The summed E-state index contributed by atoms with van der Waals surface area (Å²) >= 11 is 0. The number of anilines is 2. The number of amides is 1. The molecule has 0 bridgehead atoms. The van der Waals surface area contributed by atoms with Crippen molar-refractivity contribution < 1.29 is 4.79 Å². The quantitative estimate of drug-likeness (QED) is 0.636. The van der Waals surface area contributed by atoms with Crippen LogP contribution in [0.5, 0.6) is 0 Å². The summed E-state index contributed by atoms with van der Waals surface area (Å²) in [5.74, 6) is -0.140.